The van der Waals surface area contributed by atoms with Crippen molar-refractivity contribution in [2.75, 3.05) is 39.9 Å². The van der Waals surface area contributed by atoms with Gasteiger partial charge in [-0.25, -0.2) is 0 Å². The Morgan fingerprint density at radius 2 is 1.90 bits per heavy atom. The molecule has 4 nitrogen and oxygen atoms in total. The van der Waals surface area contributed by atoms with Gasteiger partial charge >= 0.3 is 0 Å². The third-order valence-electron chi connectivity index (χ3n) is 4.85. The van der Waals surface area contributed by atoms with Gasteiger partial charge in [0.05, 0.1) is 13.2 Å². The smallest absolute Gasteiger partial charge is 0.168 e. The van der Waals surface area contributed by atoms with E-state index in [0.717, 1.165) is 51.6 Å². The fraction of sp³-hybridized carbons (Fsp3) is 1.00. The van der Waals surface area contributed by atoms with Crippen LogP contribution in [0.25, 0.3) is 0 Å². The first-order valence-corrected chi connectivity index (χ1v) is 8.33. The zero-order valence-corrected chi connectivity index (χ0v) is 13.5. The molecular weight excluding hydrogens is 252 g/mol. The van der Waals surface area contributed by atoms with E-state index in [2.05, 4.69) is 31.1 Å². The average molecular weight is 284 g/mol. The first kappa shape index (κ1) is 16.2. The molecule has 2 fully saturated rings. The van der Waals surface area contributed by atoms with E-state index in [1.54, 1.807) is 0 Å². The minimum Gasteiger partial charge on any atom is -0.348 e. The summed E-state index contributed by atoms with van der Waals surface area (Å²) in [6.07, 6.45) is 5.98. The van der Waals surface area contributed by atoms with Gasteiger partial charge in [0.25, 0.3) is 0 Å². The molecule has 0 aromatic rings. The maximum atomic E-state index is 5.79. The number of nitrogens with zero attached hydrogens (tertiary/aromatic N) is 1. The molecule has 0 radical (unpaired) electrons. The van der Waals surface area contributed by atoms with Gasteiger partial charge in [0.1, 0.15) is 0 Å². The lowest BCUT2D eigenvalue weighted by Crippen LogP contribution is -2.39. The van der Waals surface area contributed by atoms with Crippen LogP contribution in [0.4, 0.5) is 0 Å². The van der Waals surface area contributed by atoms with Crippen molar-refractivity contribution in [2.24, 2.45) is 5.92 Å². The number of ether oxygens (including phenoxy) is 2. The molecular formula is C16H32N2O2. The van der Waals surface area contributed by atoms with E-state index in [0.29, 0.717) is 6.04 Å². The molecule has 1 aliphatic carbocycles. The quantitative estimate of drug-likeness (QED) is 0.777. The third-order valence-corrected chi connectivity index (χ3v) is 4.85. The van der Waals surface area contributed by atoms with Crippen molar-refractivity contribution in [1.82, 2.24) is 10.2 Å². The molecule has 2 rings (SSSR count). The largest absolute Gasteiger partial charge is 0.348 e. The van der Waals surface area contributed by atoms with Gasteiger partial charge in [-0.15, -0.1) is 0 Å². The number of hydrogen-bond acceptors (Lipinski definition) is 4. The first-order chi connectivity index (χ1) is 9.63. The van der Waals surface area contributed by atoms with Gasteiger partial charge in [-0.05, 0) is 52.2 Å². The SMILES string of the molecule is CCN(C)CC(C)NCCC1CCC2(CC1)OCCO2. The molecule has 1 spiro atoms. The minimum atomic E-state index is -0.193. The van der Waals surface area contributed by atoms with Crippen molar-refractivity contribution in [3.63, 3.8) is 0 Å². The molecule has 0 bridgehead atoms. The first-order valence-electron chi connectivity index (χ1n) is 8.33. The normalized spacial score (nSPS) is 24.6. The summed E-state index contributed by atoms with van der Waals surface area (Å²) >= 11 is 0. The van der Waals surface area contributed by atoms with Crippen molar-refractivity contribution in [3.05, 3.63) is 0 Å². The summed E-state index contributed by atoms with van der Waals surface area (Å²) in [6, 6.07) is 0.580. The van der Waals surface area contributed by atoms with Crippen molar-refractivity contribution < 1.29 is 9.47 Å². The van der Waals surface area contributed by atoms with Crippen molar-refractivity contribution >= 4 is 0 Å². The Balaban J connectivity index is 1.57. The molecule has 1 N–H and O–H groups in total. The predicted octanol–water partition coefficient (Wildman–Crippen LogP) is 2.24. The third kappa shape index (κ3) is 4.69. The Kier molecular flexibility index (Phi) is 6.27. The lowest BCUT2D eigenvalue weighted by Gasteiger charge is -2.35. The Morgan fingerprint density at radius 1 is 1.25 bits per heavy atom. The predicted molar refractivity (Wildman–Crippen MR) is 81.8 cm³/mol. The van der Waals surface area contributed by atoms with E-state index in [4.69, 9.17) is 9.47 Å². The summed E-state index contributed by atoms with van der Waals surface area (Å²) in [4.78, 5) is 2.36. The van der Waals surface area contributed by atoms with Crippen LogP contribution in [0.2, 0.25) is 0 Å². The standard InChI is InChI=1S/C16H32N2O2/c1-4-18(3)13-14(2)17-10-7-15-5-8-16(9-6-15)19-11-12-20-16/h14-15,17H,4-13H2,1-3H3. The highest BCUT2D eigenvalue weighted by Crippen LogP contribution is 2.39. The highest BCUT2D eigenvalue weighted by molar-refractivity contribution is 4.82. The zero-order valence-electron chi connectivity index (χ0n) is 13.5. The van der Waals surface area contributed by atoms with Crippen LogP contribution in [-0.2, 0) is 9.47 Å². The molecule has 4 heteroatoms. The fourth-order valence-corrected chi connectivity index (χ4v) is 3.39. The summed E-state index contributed by atoms with van der Waals surface area (Å²) < 4.78 is 11.6. The van der Waals surface area contributed by atoms with E-state index in [9.17, 15) is 0 Å². The summed E-state index contributed by atoms with van der Waals surface area (Å²) in [5.41, 5.74) is 0. The Labute approximate surface area is 124 Å². The molecule has 1 unspecified atom stereocenters. The Hall–Kier alpha value is -0.160. The molecule has 1 saturated carbocycles. The maximum Gasteiger partial charge on any atom is 0.168 e. The summed E-state index contributed by atoms with van der Waals surface area (Å²) in [6.45, 7) is 9.45. The van der Waals surface area contributed by atoms with Crippen LogP contribution >= 0.6 is 0 Å². The monoisotopic (exact) mass is 284 g/mol. The van der Waals surface area contributed by atoms with Gasteiger partial charge < -0.3 is 19.7 Å². The second kappa shape index (κ2) is 7.74. The van der Waals surface area contributed by atoms with Crippen molar-refractivity contribution in [2.45, 2.75) is 57.8 Å². The highest BCUT2D eigenvalue weighted by atomic mass is 16.7. The van der Waals surface area contributed by atoms with Crippen LogP contribution in [0.1, 0.15) is 46.0 Å². The van der Waals surface area contributed by atoms with Crippen molar-refractivity contribution in [3.8, 4) is 0 Å². The van der Waals surface area contributed by atoms with Gasteiger partial charge in [-0.3, -0.25) is 0 Å². The van der Waals surface area contributed by atoms with Crippen LogP contribution in [0.15, 0.2) is 0 Å². The zero-order chi connectivity index (χ0) is 14.4. The second-order valence-electron chi connectivity index (χ2n) is 6.55. The molecule has 0 aromatic heterocycles. The van der Waals surface area contributed by atoms with Crippen LogP contribution in [0, 0.1) is 5.92 Å². The van der Waals surface area contributed by atoms with E-state index >= 15 is 0 Å². The molecule has 1 saturated heterocycles. The van der Waals surface area contributed by atoms with Crippen LogP contribution in [0.5, 0.6) is 0 Å². The molecule has 1 heterocycles. The topological polar surface area (TPSA) is 33.7 Å². The molecule has 0 amide bonds. The number of nitrogens with one attached hydrogen (secondary N) is 1. The minimum absolute atomic E-state index is 0.193. The van der Waals surface area contributed by atoms with E-state index in [1.807, 2.05) is 0 Å². The average Bonchev–Trinajstić information content (AvgIpc) is 2.89. The fourth-order valence-electron chi connectivity index (χ4n) is 3.39. The molecule has 118 valence electrons. The molecule has 1 aliphatic heterocycles. The summed E-state index contributed by atoms with van der Waals surface area (Å²) in [5.74, 6) is 0.651. The van der Waals surface area contributed by atoms with Crippen LogP contribution in [0.3, 0.4) is 0 Å². The lowest BCUT2D eigenvalue weighted by atomic mass is 9.83. The number of hydrogen-bond donors (Lipinski definition) is 1. The van der Waals surface area contributed by atoms with Gasteiger partial charge in [0, 0.05) is 25.4 Å². The Morgan fingerprint density at radius 3 is 2.50 bits per heavy atom. The molecule has 1 atom stereocenters. The Bertz CT molecular complexity index is 270. The van der Waals surface area contributed by atoms with Gasteiger partial charge in [0.15, 0.2) is 5.79 Å². The van der Waals surface area contributed by atoms with Crippen molar-refractivity contribution in [1.29, 1.82) is 0 Å². The summed E-state index contributed by atoms with van der Waals surface area (Å²) in [5, 5.41) is 3.65. The molecule has 0 aromatic carbocycles. The number of rotatable bonds is 7. The van der Waals surface area contributed by atoms with Gasteiger partial charge in [-0.1, -0.05) is 6.92 Å². The maximum absolute atomic E-state index is 5.79. The highest BCUT2D eigenvalue weighted by Gasteiger charge is 2.39. The van der Waals surface area contributed by atoms with Gasteiger partial charge in [-0.2, -0.15) is 0 Å². The van der Waals surface area contributed by atoms with Gasteiger partial charge in [0.2, 0.25) is 0 Å². The second-order valence-corrected chi connectivity index (χ2v) is 6.55. The lowest BCUT2D eigenvalue weighted by molar-refractivity contribution is -0.182. The van der Waals surface area contributed by atoms with Crippen LogP contribution in [-0.4, -0.2) is 56.6 Å². The van der Waals surface area contributed by atoms with Crippen LogP contribution < -0.4 is 5.32 Å². The van der Waals surface area contributed by atoms with E-state index in [1.165, 1.54) is 19.3 Å². The van der Waals surface area contributed by atoms with E-state index < -0.39 is 0 Å². The molecule has 2 aliphatic rings. The number of likely N-dealkylation sites (N-methyl/N-ethyl adjacent to an activating group) is 1. The van der Waals surface area contributed by atoms with E-state index in [-0.39, 0.29) is 5.79 Å². The summed E-state index contributed by atoms with van der Waals surface area (Å²) in [7, 11) is 2.18. The molecule has 20 heavy (non-hydrogen) atoms.